The van der Waals surface area contributed by atoms with Crippen LogP contribution >= 0.6 is 0 Å². The largest absolute Gasteiger partial charge is 0.298 e. The number of aldehydes is 1. The molecule has 1 aromatic rings. The quantitative estimate of drug-likeness (QED) is 0.613. The van der Waals surface area contributed by atoms with Crippen molar-refractivity contribution in [2.75, 3.05) is 0 Å². The third-order valence-corrected chi connectivity index (χ3v) is 2.56. The van der Waals surface area contributed by atoms with E-state index >= 15 is 0 Å². The third kappa shape index (κ3) is 1.41. The second-order valence-corrected chi connectivity index (χ2v) is 3.50. The highest BCUT2D eigenvalue weighted by molar-refractivity contribution is 6.08. The number of carbonyl (C=O) groups excluding carboxylic acids is 1. The summed E-state index contributed by atoms with van der Waals surface area (Å²) < 4.78 is 0. The van der Waals surface area contributed by atoms with Crippen LogP contribution in [0.4, 0.5) is 0 Å². The fraction of sp³-hybridized carbons (Fsp3) is 0.154. The average Bonchev–Trinajstić information content (AvgIpc) is 2.39. The van der Waals surface area contributed by atoms with E-state index in [1.807, 2.05) is 30.4 Å². The Morgan fingerprint density at radius 1 is 1.29 bits per heavy atom. The zero-order valence-corrected chi connectivity index (χ0v) is 8.10. The van der Waals surface area contributed by atoms with Crippen molar-refractivity contribution in [2.24, 2.45) is 0 Å². The highest BCUT2D eigenvalue weighted by Gasteiger charge is 2.12. The zero-order chi connectivity index (χ0) is 9.97. The first-order chi connectivity index (χ1) is 6.83. The van der Waals surface area contributed by atoms with Crippen molar-refractivity contribution in [1.29, 1.82) is 0 Å². The Balaban J connectivity index is 2.63. The molecule has 0 bridgehead atoms. The van der Waals surface area contributed by atoms with Crippen LogP contribution < -0.4 is 0 Å². The van der Waals surface area contributed by atoms with Gasteiger partial charge in [-0.1, -0.05) is 49.4 Å². The van der Waals surface area contributed by atoms with Crippen molar-refractivity contribution < 1.29 is 4.79 Å². The Kier molecular flexibility index (Phi) is 2.32. The van der Waals surface area contributed by atoms with Gasteiger partial charge in [-0.15, -0.1) is 0 Å². The molecule has 1 unspecified atom stereocenters. The van der Waals surface area contributed by atoms with Gasteiger partial charge in [0.25, 0.3) is 0 Å². The molecule has 70 valence electrons. The fourth-order valence-electron chi connectivity index (χ4n) is 1.78. The van der Waals surface area contributed by atoms with Crippen molar-refractivity contribution in [1.82, 2.24) is 0 Å². The van der Waals surface area contributed by atoms with E-state index in [4.69, 9.17) is 0 Å². The summed E-state index contributed by atoms with van der Waals surface area (Å²) in [5, 5.41) is 0. The second kappa shape index (κ2) is 3.62. The Hall–Kier alpha value is -1.63. The third-order valence-electron chi connectivity index (χ3n) is 2.56. The van der Waals surface area contributed by atoms with Crippen molar-refractivity contribution >= 4 is 11.9 Å². The summed E-state index contributed by atoms with van der Waals surface area (Å²) in [5.41, 5.74) is 3.04. The fourth-order valence-corrected chi connectivity index (χ4v) is 1.78. The summed E-state index contributed by atoms with van der Waals surface area (Å²) in [6, 6.07) is 8.05. The average molecular weight is 184 g/mol. The van der Waals surface area contributed by atoms with E-state index < -0.39 is 0 Å². The van der Waals surface area contributed by atoms with Crippen LogP contribution in [0, 0.1) is 0 Å². The normalized spacial score (nSPS) is 19.5. The molecule has 1 aromatic carbocycles. The summed E-state index contributed by atoms with van der Waals surface area (Å²) in [7, 11) is 0. The first-order valence-corrected chi connectivity index (χ1v) is 4.76. The predicted molar refractivity (Wildman–Crippen MR) is 58.0 cm³/mol. The predicted octanol–water partition coefficient (Wildman–Crippen LogP) is 2.94. The van der Waals surface area contributed by atoms with Gasteiger partial charge in [-0.2, -0.15) is 0 Å². The van der Waals surface area contributed by atoms with Gasteiger partial charge in [0.1, 0.15) is 0 Å². The first kappa shape index (κ1) is 8.95. The van der Waals surface area contributed by atoms with Gasteiger partial charge in [-0.3, -0.25) is 4.79 Å². The lowest BCUT2D eigenvalue weighted by molar-refractivity contribution is -0.103. The second-order valence-electron chi connectivity index (χ2n) is 3.50. The van der Waals surface area contributed by atoms with E-state index in [-0.39, 0.29) is 0 Å². The van der Waals surface area contributed by atoms with Crippen LogP contribution in [0.25, 0.3) is 5.57 Å². The molecule has 1 nitrogen and oxygen atoms in total. The van der Waals surface area contributed by atoms with Gasteiger partial charge in [0.05, 0.1) is 0 Å². The summed E-state index contributed by atoms with van der Waals surface area (Å²) >= 11 is 0. The maximum Gasteiger partial charge on any atom is 0.150 e. The van der Waals surface area contributed by atoms with Gasteiger partial charge >= 0.3 is 0 Å². The lowest BCUT2D eigenvalue weighted by Crippen LogP contribution is -1.95. The summed E-state index contributed by atoms with van der Waals surface area (Å²) in [6.45, 7) is 2.14. The standard InChI is InChI=1S/C13H12O/c1-10-5-4-6-11(9-14)13-8-3-2-7-12(10)13/h2-10H,1H3. The van der Waals surface area contributed by atoms with Crippen LogP contribution in [0.1, 0.15) is 24.0 Å². The number of hydrogen-bond acceptors (Lipinski definition) is 1. The summed E-state index contributed by atoms with van der Waals surface area (Å²) in [4.78, 5) is 10.9. The molecule has 0 fully saturated rings. The molecular formula is C13H12O. The van der Waals surface area contributed by atoms with Gasteiger partial charge in [0, 0.05) is 5.57 Å². The van der Waals surface area contributed by atoms with Gasteiger partial charge in [-0.25, -0.2) is 0 Å². The van der Waals surface area contributed by atoms with Crippen LogP contribution in [-0.4, -0.2) is 6.29 Å². The maximum absolute atomic E-state index is 10.9. The lowest BCUT2D eigenvalue weighted by atomic mass is 9.94. The van der Waals surface area contributed by atoms with Gasteiger partial charge in [0.15, 0.2) is 6.29 Å². The highest BCUT2D eigenvalue weighted by atomic mass is 16.1. The van der Waals surface area contributed by atoms with Crippen LogP contribution in [-0.2, 0) is 4.79 Å². The van der Waals surface area contributed by atoms with Crippen molar-refractivity contribution in [2.45, 2.75) is 12.8 Å². The summed E-state index contributed by atoms with van der Waals surface area (Å²) in [5.74, 6) is 0.375. The molecule has 1 aliphatic carbocycles. The van der Waals surface area contributed by atoms with E-state index in [2.05, 4.69) is 19.1 Å². The smallest absolute Gasteiger partial charge is 0.150 e. The number of fused-ring (bicyclic) bond motifs is 1. The molecule has 2 rings (SSSR count). The molecule has 0 spiro atoms. The maximum atomic E-state index is 10.9. The van der Waals surface area contributed by atoms with E-state index in [0.717, 1.165) is 17.4 Å². The number of rotatable bonds is 1. The molecule has 1 aliphatic rings. The molecule has 0 heterocycles. The van der Waals surface area contributed by atoms with Crippen LogP contribution in [0.5, 0.6) is 0 Å². The molecular weight excluding hydrogens is 172 g/mol. The Labute approximate surface area is 83.8 Å². The van der Waals surface area contributed by atoms with Gasteiger partial charge in [0.2, 0.25) is 0 Å². The minimum absolute atomic E-state index is 0.375. The Morgan fingerprint density at radius 3 is 2.86 bits per heavy atom. The monoisotopic (exact) mass is 184 g/mol. The zero-order valence-electron chi connectivity index (χ0n) is 8.10. The molecule has 0 N–H and O–H groups in total. The number of benzene rings is 1. The van der Waals surface area contributed by atoms with Crippen LogP contribution in [0.2, 0.25) is 0 Å². The highest BCUT2D eigenvalue weighted by Crippen LogP contribution is 2.28. The molecule has 0 amide bonds. The Bertz CT molecular complexity index is 413. The van der Waals surface area contributed by atoms with E-state index in [1.54, 1.807) is 0 Å². The topological polar surface area (TPSA) is 17.1 Å². The summed E-state index contributed by atoms with van der Waals surface area (Å²) in [6.07, 6.45) is 6.85. The molecule has 0 saturated carbocycles. The molecule has 1 atom stereocenters. The molecule has 0 aromatic heterocycles. The van der Waals surface area contributed by atoms with Crippen molar-refractivity contribution in [3.05, 3.63) is 53.6 Å². The van der Waals surface area contributed by atoms with E-state index in [0.29, 0.717) is 5.92 Å². The Morgan fingerprint density at radius 2 is 2.07 bits per heavy atom. The lowest BCUT2D eigenvalue weighted by Gasteiger charge is -2.10. The minimum Gasteiger partial charge on any atom is -0.298 e. The number of carbonyl (C=O) groups is 1. The molecule has 14 heavy (non-hydrogen) atoms. The SMILES string of the molecule is CC1C=CC=C(C=O)c2ccccc21. The number of allylic oxidation sites excluding steroid dienone is 4. The van der Waals surface area contributed by atoms with E-state index in [1.165, 1.54) is 5.56 Å². The van der Waals surface area contributed by atoms with Gasteiger partial charge < -0.3 is 0 Å². The van der Waals surface area contributed by atoms with Crippen molar-refractivity contribution in [3.8, 4) is 0 Å². The molecule has 0 aliphatic heterocycles. The van der Waals surface area contributed by atoms with Crippen LogP contribution in [0.15, 0.2) is 42.5 Å². The first-order valence-electron chi connectivity index (χ1n) is 4.76. The van der Waals surface area contributed by atoms with Crippen LogP contribution in [0.3, 0.4) is 0 Å². The minimum atomic E-state index is 0.375. The van der Waals surface area contributed by atoms with Gasteiger partial charge in [-0.05, 0) is 17.0 Å². The number of hydrogen-bond donors (Lipinski definition) is 0. The van der Waals surface area contributed by atoms with Crippen molar-refractivity contribution in [3.63, 3.8) is 0 Å². The molecule has 1 heteroatoms. The van der Waals surface area contributed by atoms with E-state index in [9.17, 15) is 4.79 Å². The molecule has 0 radical (unpaired) electrons. The molecule has 0 saturated heterocycles.